The monoisotopic (exact) mass is 420 g/mol. The molecule has 3 rings (SSSR count). The molecule has 0 spiro atoms. The Morgan fingerprint density at radius 1 is 1.00 bits per heavy atom. The predicted molar refractivity (Wildman–Crippen MR) is 115 cm³/mol. The summed E-state index contributed by atoms with van der Waals surface area (Å²) >= 11 is 6.08. The Hall–Kier alpha value is -1.99. The number of β-amino-alcohol motifs (C(OH)–C–C–N with tert-alkyl or cyclic N) is 1. The van der Waals surface area contributed by atoms with E-state index in [2.05, 4.69) is 15.9 Å². The highest BCUT2D eigenvalue weighted by Crippen LogP contribution is 2.21. The normalized spacial score (nSPS) is 15.9. The van der Waals surface area contributed by atoms with E-state index in [0.29, 0.717) is 26.4 Å². The lowest BCUT2D eigenvalue weighted by atomic mass is 10.2. The van der Waals surface area contributed by atoms with Gasteiger partial charge in [-0.1, -0.05) is 23.7 Å². The number of hydrogen-bond donors (Lipinski definition) is 1. The van der Waals surface area contributed by atoms with Crippen LogP contribution in [-0.2, 0) is 4.74 Å². The lowest BCUT2D eigenvalue weighted by molar-refractivity contribution is 0.00717. The Morgan fingerprint density at radius 2 is 1.76 bits per heavy atom. The van der Waals surface area contributed by atoms with E-state index < -0.39 is 6.10 Å². The first-order chi connectivity index (χ1) is 14.1. The van der Waals surface area contributed by atoms with E-state index in [1.54, 1.807) is 7.11 Å². The largest absolute Gasteiger partial charge is 0.497 e. The van der Waals surface area contributed by atoms with Crippen LogP contribution in [0, 0.1) is 0 Å². The first-order valence-corrected chi connectivity index (χ1v) is 10.3. The SMILES string of the molecule is COc1cccc(OCCOC[C@H](O)CN2CCN(c3cccc(Cl)c3)CC2)c1. The number of halogens is 1. The van der Waals surface area contributed by atoms with Gasteiger partial charge in [0.15, 0.2) is 0 Å². The van der Waals surface area contributed by atoms with Gasteiger partial charge in [0.05, 0.1) is 26.4 Å². The summed E-state index contributed by atoms with van der Waals surface area (Å²) in [5.74, 6) is 1.50. The Morgan fingerprint density at radius 3 is 2.52 bits per heavy atom. The van der Waals surface area contributed by atoms with Crippen molar-refractivity contribution in [2.24, 2.45) is 0 Å². The number of anilines is 1. The quantitative estimate of drug-likeness (QED) is 0.596. The van der Waals surface area contributed by atoms with Gasteiger partial charge in [-0.15, -0.1) is 0 Å². The maximum absolute atomic E-state index is 10.3. The minimum Gasteiger partial charge on any atom is -0.497 e. The van der Waals surface area contributed by atoms with E-state index in [4.69, 9.17) is 25.8 Å². The van der Waals surface area contributed by atoms with E-state index in [1.807, 2.05) is 42.5 Å². The zero-order chi connectivity index (χ0) is 20.5. The maximum atomic E-state index is 10.3. The zero-order valence-corrected chi connectivity index (χ0v) is 17.6. The van der Waals surface area contributed by atoms with Crippen LogP contribution in [0.25, 0.3) is 0 Å². The lowest BCUT2D eigenvalue weighted by Crippen LogP contribution is -2.49. The molecule has 7 heteroatoms. The molecule has 1 fully saturated rings. The Bertz CT molecular complexity index is 753. The molecule has 0 radical (unpaired) electrons. The van der Waals surface area contributed by atoms with Gasteiger partial charge in [-0.05, 0) is 30.3 Å². The summed E-state index contributed by atoms with van der Waals surface area (Å²) in [5, 5.41) is 11.0. The molecule has 0 aromatic heterocycles. The lowest BCUT2D eigenvalue weighted by Gasteiger charge is -2.36. The topological polar surface area (TPSA) is 54.4 Å². The van der Waals surface area contributed by atoms with E-state index in [-0.39, 0.29) is 0 Å². The van der Waals surface area contributed by atoms with Crippen molar-refractivity contribution in [1.82, 2.24) is 4.90 Å². The third kappa shape index (κ3) is 7.08. The summed E-state index contributed by atoms with van der Waals surface area (Å²) < 4.78 is 16.4. The molecule has 2 aromatic carbocycles. The number of aliphatic hydroxyl groups excluding tert-OH is 1. The minimum atomic E-state index is -0.510. The van der Waals surface area contributed by atoms with Crippen molar-refractivity contribution in [3.05, 3.63) is 53.6 Å². The van der Waals surface area contributed by atoms with Crippen molar-refractivity contribution in [1.29, 1.82) is 0 Å². The van der Waals surface area contributed by atoms with Crippen LogP contribution in [0.5, 0.6) is 11.5 Å². The molecule has 29 heavy (non-hydrogen) atoms. The van der Waals surface area contributed by atoms with Crippen molar-refractivity contribution in [2.75, 3.05) is 64.6 Å². The number of piperazine rings is 1. The molecule has 1 atom stereocenters. The van der Waals surface area contributed by atoms with Gasteiger partial charge in [0, 0.05) is 49.5 Å². The summed E-state index contributed by atoms with van der Waals surface area (Å²) in [6, 6.07) is 15.4. The van der Waals surface area contributed by atoms with Gasteiger partial charge in [-0.3, -0.25) is 4.90 Å². The summed E-state index contributed by atoms with van der Waals surface area (Å²) in [6.45, 7) is 5.42. The molecule has 6 nitrogen and oxygen atoms in total. The second-order valence-corrected chi connectivity index (χ2v) is 7.46. The molecule has 1 aliphatic rings. The second-order valence-electron chi connectivity index (χ2n) is 7.02. The molecule has 0 saturated carbocycles. The molecule has 1 saturated heterocycles. The Kier molecular flexibility index (Phi) is 8.43. The fourth-order valence-corrected chi connectivity index (χ4v) is 3.53. The minimum absolute atomic E-state index is 0.302. The van der Waals surface area contributed by atoms with Crippen LogP contribution < -0.4 is 14.4 Å². The first kappa shape index (κ1) is 21.7. The summed E-state index contributed by atoms with van der Waals surface area (Å²) in [6.07, 6.45) is -0.510. The molecular weight excluding hydrogens is 392 g/mol. The molecule has 2 aromatic rings. The molecule has 1 N–H and O–H groups in total. The smallest absolute Gasteiger partial charge is 0.123 e. The average Bonchev–Trinajstić information content (AvgIpc) is 2.74. The summed E-state index contributed by atoms with van der Waals surface area (Å²) in [7, 11) is 1.63. The third-order valence-corrected chi connectivity index (χ3v) is 5.10. The van der Waals surface area contributed by atoms with Crippen molar-refractivity contribution >= 4 is 17.3 Å². The third-order valence-electron chi connectivity index (χ3n) is 4.86. The van der Waals surface area contributed by atoms with Gasteiger partial charge in [0.25, 0.3) is 0 Å². The van der Waals surface area contributed by atoms with Crippen molar-refractivity contribution in [2.45, 2.75) is 6.10 Å². The maximum Gasteiger partial charge on any atom is 0.123 e. The van der Waals surface area contributed by atoms with Gasteiger partial charge in [-0.2, -0.15) is 0 Å². The number of nitrogens with zero attached hydrogens (tertiary/aromatic N) is 2. The van der Waals surface area contributed by atoms with E-state index in [1.165, 1.54) is 0 Å². The van der Waals surface area contributed by atoms with Gasteiger partial charge in [0.1, 0.15) is 18.1 Å². The van der Waals surface area contributed by atoms with Crippen molar-refractivity contribution in [3.8, 4) is 11.5 Å². The van der Waals surface area contributed by atoms with Crippen LogP contribution >= 0.6 is 11.6 Å². The van der Waals surface area contributed by atoms with Crippen LogP contribution in [0.1, 0.15) is 0 Å². The van der Waals surface area contributed by atoms with Crippen LogP contribution in [0.4, 0.5) is 5.69 Å². The number of ether oxygens (including phenoxy) is 3. The fourth-order valence-electron chi connectivity index (χ4n) is 3.34. The standard InChI is InChI=1S/C22H29ClN2O4/c1-27-21-6-3-7-22(15-21)29-13-12-28-17-20(26)16-24-8-10-25(11-9-24)19-5-2-4-18(23)14-19/h2-7,14-15,20,26H,8-13,16-17H2,1H3/t20-/m1/s1. The molecule has 0 aliphatic carbocycles. The Labute approximate surface area is 177 Å². The van der Waals surface area contributed by atoms with Gasteiger partial charge < -0.3 is 24.2 Å². The number of aliphatic hydroxyl groups is 1. The first-order valence-electron chi connectivity index (χ1n) is 9.89. The highest BCUT2D eigenvalue weighted by Gasteiger charge is 2.19. The fraction of sp³-hybridized carbons (Fsp3) is 0.455. The Balaban J connectivity index is 1.28. The molecule has 1 heterocycles. The number of rotatable bonds is 10. The van der Waals surface area contributed by atoms with Gasteiger partial charge in [-0.25, -0.2) is 0 Å². The van der Waals surface area contributed by atoms with E-state index in [0.717, 1.165) is 48.4 Å². The van der Waals surface area contributed by atoms with Crippen molar-refractivity contribution < 1.29 is 19.3 Å². The highest BCUT2D eigenvalue weighted by molar-refractivity contribution is 6.30. The number of benzene rings is 2. The van der Waals surface area contributed by atoms with Crippen LogP contribution in [0.3, 0.4) is 0 Å². The van der Waals surface area contributed by atoms with E-state index in [9.17, 15) is 5.11 Å². The van der Waals surface area contributed by atoms with E-state index >= 15 is 0 Å². The van der Waals surface area contributed by atoms with Crippen LogP contribution in [0.2, 0.25) is 5.02 Å². The molecule has 0 bridgehead atoms. The molecule has 0 unspecified atom stereocenters. The summed E-state index contributed by atoms with van der Waals surface area (Å²) in [5.41, 5.74) is 1.15. The number of hydrogen-bond acceptors (Lipinski definition) is 6. The summed E-state index contributed by atoms with van der Waals surface area (Å²) in [4.78, 5) is 4.59. The predicted octanol–water partition coefficient (Wildman–Crippen LogP) is 2.93. The van der Waals surface area contributed by atoms with Gasteiger partial charge >= 0.3 is 0 Å². The molecular formula is C22H29ClN2O4. The average molecular weight is 421 g/mol. The molecule has 0 amide bonds. The molecule has 158 valence electrons. The van der Waals surface area contributed by atoms with Crippen LogP contribution in [-0.4, -0.2) is 75.8 Å². The second kappa shape index (κ2) is 11.3. The van der Waals surface area contributed by atoms with Crippen molar-refractivity contribution in [3.63, 3.8) is 0 Å². The van der Waals surface area contributed by atoms with Gasteiger partial charge in [0.2, 0.25) is 0 Å². The van der Waals surface area contributed by atoms with Crippen LogP contribution in [0.15, 0.2) is 48.5 Å². The highest BCUT2D eigenvalue weighted by atomic mass is 35.5. The zero-order valence-electron chi connectivity index (χ0n) is 16.8. The number of methoxy groups -OCH3 is 1. The molecule has 1 aliphatic heterocycles.